The average molecular weight is 282 g/mol. The molecule has 3 N–H and O–H groups in total. The van der Waals surface area contributed by atoms with Gasteiger partial charge in [0.15, 0.2) is 0 Å². The number of hydrogen-bond donors (Lipinski definition) is 3. The monoisotopic (exact) mass is 282 g/mol. The molecule has 1 aromatic rings. The first kappa shape index (κ1) is 15.7. The third-order valence-corrected chi connectivity index (χ3v) is 2.46. The molecule has 20 heavy (non-hydrogen) atoms. The topological polar surface area (TPSA) is 113 Å². The van der Waals surface area contributed by atoms with Crippen LogP contribution in [-0.2, 0) is 20.9 Å². The molecule has 0 aliphatic rings. The Bertz CT molecular complexity index is 484. The highest BCUT2D eigenvalue weighted by Crippen LogP contribution is 2.05. The number of carboxylic acid groups (broad SMARTS) is 1. The van der Waals surface area contributed by atoms with Crippen LogP contribution in [0.1, 0.15) is 26.2 Å². The first-order valence-electron chi connectivity index (χ1n) is 6.27. The maximum absolute atomic E-state index is 11.4. The van der Waals surface area contributed by atoms with Crippen molar-refractivity contribution in [1.82, 2.24) is 15.1 Å². The molecule has 1 heterocycles. The summed E-state index contributed by atoms with van der Waals surface area (Å²) in [5, 5.41) is 17.8. The number of aromatic nitrogens is 2. The highest BCUT2D eigenvalue weighted by Gasteiger charge is 2.06. The Kier molecular flexibility index (Phi) is 6.21. The first-order chi connectivity index (χ1) is 9.49. The first-order valence-corrected chi connectivity index (χ1v) is 6.27. The highest BCUT2D eigenvalue weighted by atomic mass is 16.4. The van der Waals surface area contributed by atoms with Crippen LogP contribution in [0.15, 0.2) is 12.3 Å². The molecule has 0 radical (unpaired) electrons. The second-order valence-electron chi connectivity index (χ2n) is 4.22. The highest BCUT2D eigenvalue weighted by molar-refractivity contribution is 5.87. The number of hydrogen-bond acceptors (Lipinski definition) is 4. The summed E-state index contributed by atoms with van der Waals surface area (Å²) in [6.45, 7) is 2.19. The summed E-state index contributed by atoms with van der Waals surface area (Å²) >= 11 is 0. The van der Waals surface area contributed by atoms with E-state index in [-0.39, 0.29) is 24.7 Å². The number of nitrogens with zero attached hydrogens (tertiary/aromatic N) is 2. The van der Waals surface area contributed by atoms with Gasteiger partial charge in [-0.2, -0.15) is 5.10 Å². The largest absolute Gasteiger partial charge is 0.481 e. The fraction of sp³-hybridized carbons (Fsp3) is 0.500. The number of carboxylic acids is 1. The Balaban J connectivity index is 2.26. The maximum Gasteiger partial charge on any atom is 0.303 e. The Morgan fingerprint density at radius 2 is 2.10 bits per heavy atom. The van der Waals surface area contributed by atoms with Gasteiger partial charge in [0.2, 0.25) is 11.8 Å². The van der Waals surface area contributed by atoms with Crippen LogP contribution in [0.3, 0.4) is 0 Å². The van der Waals surface area contributed by atoms with Crippen molar-refractivity contribution >= 4 is 23.6 Å². The van der Waals surface area contributed by atoms with E-state index >= 15 is 0 Å². The molecule has 0 aliphatic carbocycles. The molecule has 0 spiro atoms. The Hall–Kier alpha value is -2.38. The summed E-state index contributed by atoms with van der Waals surface area (Å²) in [6, 6.07) is 1.66. The fourth-order valence-electron chi connectivity index (χ4n) is 1.59. The van der Waals surface area contributed by atoms with Gasteiger partial charge in [-0.15, -0.1) is 0 Å². The quantitative estimate of drug-likeness (QED) is 0.631. The molecule has 8 heteroatoms. The van der Waals surface area contributed by atoms with Crippen molar-refractivity contribution in [2.75, 3.05) is 11.9 Å². The van der Waals surface area contributed by atoms with E-state index in [9.17, 15) is 14.4 Å². The van der Waals surface area contributed by atoms with Crippen LogP contribution >= 0.6 is 0 Å². The molecule has 0 aliphatic heterocycles. The van der Waals surface area contributed by atoms with Crippen molar-refractivity contribution in [2.45, 2.75) is 32.7 Å². The smallest absolute Gasteiger partial charge is 0.303 e. The molecule has 0 saturated carbocycles. The molecule has 0 fully saturated rings. The second kappa shape index (κ2) is 7.93. The van der Waals surface area contributed by atoms with Crippen LogP contribution in [0.2, 0.25) is 0 Å². The number of anilines is 1. The van der Waals surface area contributed by atoms with E-state index in [2.05, 4.69) is 15.7 Å². The Morgan fingerprint density at radius 3 is 2.75 bits per heavy atom. The molecular weight excluding hydrogens is 264 g/mol. The van der Waals surface area contributed by atoms with Crippen molar-refractivity contribution in [3.63, 3.8) is 0 Å². The van der Waals surface area contributed by atoms with Gasteiger partial charge in [0.05, 0.1) is 12.7 Å². The molecule has 0 aromatic carbocycles. The van der Waals surface area contributed by atoms with Crippen LogP contribution in [-0.4, -0.2) is 39.2 Å². The third-order valence-electron chi connectivity index (χ3n) is 2.46. The van der Waals surface area contributed by atoms with E-state index in [0.29, 0.717) is 25.3 Å². The number of carbonyl (C=O) groups excluding carboxylic acids is 2. The average Bonchev–Trinajstić information content (AvgIpc) is 2.75. The van der Waals surface area contributed by atoms with Crippen LogP contribution in [0, 0.1) is 0 Å². The van der Waals surface area contributed by atoms with E-state index in [1.165, 1.54) is 6.92 Å². The summed E-state index contributed by atoms with van der Waals surface area (Å²) in [4.78, 5) is 32.7. The molecule has 1 rings (SSSR count). The van der Waals surface area contributed by atoms with Crippen LogP contribution in [0.25, 0.3) is 0 Å². The van der Waals surface area contributed by atoms with Crippen LogP contribution in [0.4, 0.5) is 5.82 Å². The van der Waals surface area contributed by atoms with Gasteiger partial charge in [0.1, 0.15) is 5.82 Å². The lowest BCUT2D eigenvalue weighted by molar-refractivity contribution is -0.137. The minimum absolute atomic E-state index is 0.0146. The van der Waals surface area contributed by atoms with Crippen LogP contribution < -0.4 is 10.6 Å². The van der Waals surface area contributed by atoms with Gasteiger partial charge >= 0.3 is 5.97 Å². The summed E-state index contributed by atoms with van der Waals surface area (Å²) in [5.74, 6) is -0.726. The van der Waals surface area contributed by atoms with Gasteiger partial charge in [-0.1, -0.05) is 0 Å². The molecule has 110 valence electrons. The lowest BCUT2D eigenvalue weighted by Gasteiger charge is -2.08. The second-order valence-corrected chi connectivity index (χ2v) is 4.22. The van der Waals surface area contributed by atoms with E-state index in [4.69, 9.17) is 5.11 Å². The number of rotatable bonds is 8. The van der Waals surface area contributed by atoms with Gasteiger partial charge < -0.3 is 15.7 Å². The van der Waals surface area contributed by atoms with Gasteiger partial charge in [-0.3, -0.25) is 14.4 Å². The molecule has 2 amide bonds. The predicted molar refractivity (Wildman–Crippen MR) is 71.0 cm³/mol. The number of carbonyl (C=O) groups is 3. The summed E-state index contributed by atoms with van der Waals surface area (Å²) < 4.78 is 1.57. The predicted octanol–water partition coefficient (Wildman–Crippen LogP) is 0.213. The molecule has 8 nitrogen and oxygen atoms in total. The van der Waals surface area contributed by atoms with Crippen molar-refractivity contribution < 1.29 is 19.5 Å². The van der Waals surface area contributed by atoms with E-state index in [1.54, 1.807) is 16.9 Å². The lowest BCUT2D eigenvalue weighted by atomic mass is 10.2. The lowest BCUT2D eigenvalue weighted by Crippen LogP contribution is -2.28. The van der Waals surface area contributed by atoms with E-state index < -0.39 is 5.97 Å². The van der Waals surface area contributed by atoms with E-state index in [0.717, 1.165) is 0 Å². The van der Waals surface area contributed by atoms with E-state index in [1.807, 2.05) is 0 Å². The zero-order valence-electron chi connectivity index (χ0n) is 11.3. The van der Waals surface area contributed by atoms with Gasteiger partial charge in [-0.05, 0) is 6.42 Å². The number of aliphatic carboxylic acids is 1. The third kappa shape index (κ3) is 5.98. The number of amides is 2. The SMILES string of the molecule is CC(=O)Nc1ccnn1CCNC(=O)CCCC(=O)O. The minimum Gasteiger partial charge on any atom is -0.481 e. The molecule has 0 unspecified atom stereocenters. The Morgan fingerprint density at radius 1 is 1.35 bits per heavy atom. The van der Waals surface area contributed by atoms with Gasteiger partial charge in [0, 0.05) is 32.4 Å². The normalized spacial score (nSPS) is 10.1. The standard InChI is InChI=1S/C12H18N4O4/c1-9(17)15-10-5-6-14-16(10)8-7-13-11(18)3-2-4-12(19)20/h5-6H,2-4,7-8H2,1H3,(H,13,18)(H,15,17)(H,19,20). The maximum atomic E-state index is 11.4. The molecule has 1 aromatic heterocycles. The van der Waals surface area contributed by atoms with Crippen molar-refractivity contribution in [2.24, 2.45) is 0 Å². The van der Waals surface area contributed by atoms with Gasteiger partial charge in [0.25, 0.3) is 0 Å². The molecule has 0 atom stereocenters. The van der Waals surface area contributed by atoms with Crippen molar-refractivity contribution in [3.8, 4) is 0 Å². The molecular formula is C12H18N4O4. The summed E-state index contributed by atoms with van der Waals surface area (Å²) in [6.07, 6.45) is 2.04. The zero-order chi connectivity index (χ0) is 15.0. The summed E-state index contributed by atoms with van der Waals surface area (Å²) in [7, 11) is 0. The fourth-order valence-corrected chi connectivity index (χ4v) is 1.59. The molecule has 0 bridgehead atoms. The minimum atomic E-state index is -0.908. The zero-order valence-corrected chi connectivity index (χ0v) is 11.3. The van der Waals surface area contributed by atoms with Gasteiger partial charge in [-0.25, -0.2) is 4.68 Å². The van der Waals surface area contributed by atoms with Crippen molar-refractivity contribution in [3.05, 3.63) is 12.3 Å². The Labute approximate surface area is 116 Å². The van der Waals surface area contributed by atoms with Crippen LogP contribution in [0.5, 0.6) is 0 Å². The van der Waals surface area contributed by atoms with Crippen molar-refractivity contribution in [1.29, 1.82) is 0 Å². The number of nitrogens with one attached hydrogen (secondary N) is 2. The molecule has 0 saturated heterocycles. The summed E-state index contributed by atoms with van der Waals surface area (Å²) in [5.41, 5.74) is 0.